The molecule has 0 fully saturated rings. The topological polar surface area (TPSA) is 78.9 Å². The number of hydrogen-bond acceptors (Lipinski definition) is 6. The van der Waals surface area contributed by atoms with Gasteiger partial charge in [-0.15, -0.1) is 0 Å². The molecule has 0 bridgehead atoms. The molecule has 1 unspecified atom stereocenters. The Bertz CT molecular complexity index is 1480. The van der Waals surface area contributed by atoms with Gasteiger partial charge in [0.1, 0.15) is 13.2 Å². The summed E-state index contributed by atoms with van der Waals surface area (Å²) in [5.74, 6) is -1.05. The van der Waals surface area contributed by atoms with Crippen LogP contribution in [0.25, 0.3) is 0 Å². The number of unbranched alkanes of at least 4 members (excludes halogenated alkanes) is 37. The summed E-state index contributed by atoms with van der Waals surface area (Å²) in [6, 6.07) is 0. The molecule has 0 saturated heterocycles. The van der Waals surface area contributed by atoms with Gasteiger partial charge in [-0.1, -0.05) is 324 Å². The zero-order valence-electron chi connectivity index (χ0n) is 51.7. The number of rotatable bonds is 61. The van der Waals surface area contributed by atoms with Gasteiger partial charge < -0.3 is 14.2 Å². The van der Waals surface area contributed by atoms with Crippen LogP contribution in [0.15, 0.2) is 85.1 Å². The molecule has 0 heterocycles. The van der Waals surface area contributed by atoms with E-state index in [1.165, 1.54) is 199 Å². The van der Waals surface area contributed by atoms with Gasteiger partial charge in [-0.05, 0) is 77.0 Å². The van der Waals surface area contributed by atoms with Crippen LogP contribution in [0.5, 0.6) is 0 Å². The van der Waals surface area contributed by atoms with E-state index in [0.717, 1.165) is 96.3 Å². The van der Waals surface area contributed by atoms with Crippen molar-refractivity contribution in [2.75, 3.05) is 13.2 Å². The van der Waals surface area contributed by atoms with Crippen molar-refractivity contribution in [3.8, 4) is 0 Å². The summed E-state index contributed by atoms with van der Waals surface area (Å²) in [6.07, 6.45) is 87.9. The van der Waals surface area contributed by atoms with Gasteiger partial charge in [0, 0.05) is 12.8 Å². The molecule has 6 nitrogen and oxygen atoms in total. The quantitative estimate of drug-likeness (QED) is 0.0261. The molecule has 0 aliphatic carbocycles. The molecule has 0 radical (unpaired) electrons. The van der Waals surface area contributed by atoms with E-state index in [2.05, 4.69) is 93.7 Å². The van der Waals surface area contributed by atoms with E-state index in [9.17, 15) is 14.4 Å². The second-order valence-electron chi connectivity index (χ2n) is 22.4. The van der Waals surface area contributed by atoms with E-state index < -0.39 is 12.1 Å². The van der Waals surface area contributed by atoms with Crippen LogP contribution in [-0.4, -0.2) is 37.2 Å². The molecule has 6 heteroatoms. The molecule has 0 aromatic rings. The molecule has 1 atom stereocenters. The molecule has 0 aliphatic heterocycles. The van der Waals surface area contributed by atoms with Crippen molar-refractivity contribution in [2.24, 2.45) is 0 Å². The Kier molecular flexibility index (Phi) is 63.2. The third-order valence-corrected chi connectivity index (χ3v) is 14.7. The van der Waals surface area contributed by atoms with E-state index in [1.807, 2.05) is 6.08 Å². The van der Waals surface area contributed by atoms with Crippen LogP contribution in [-0.2, 0) is 28.6 Å². The van der Waals surface area contributed by atoms with Crippen LogP contribution >= 0.6 is 0 Å². The van der Waals surface area contributed by atoms with Gasteiger partial charge in [0.2, 0.25) is 0 Å². The number of ether oxygens (including phenoxy) is 3. The van der Waals surface area contributed by atoms with Crippen molar-refractivity contribution in [1.82, 2.24) is 0 Å². The summed E-state index contributed by atoms with van der Waals surface area (Å²) in [7, 11) is 0. The average Bonchev–Trinajstić information content (AvgIpc) is 3.44. The van der Waals surface area contributed by atoms with E-state index in [0.29, 0.717) is 12.8 Å². The Labute approximate surface area is 484 Å². The Morgan fingerprint density at radius 1 is 0.282 bits per heavy atom. The lowest BCUT2D eigenvalue weighted by atomic mass is 10.0. The van der Waals surface area contributed by atoms with Crippen LogP contribution in [0.3, 0.4) is 0 Å². The molecular weight excluding hydrogens is 961 g/mol. The largest absolute Gasteiger partial charge is 0.462 e. The van der Waals surface area contributed by atoms with Gasteiger partial charge in [-0.25, -0.2) is 0 Å². The van der Waals surface area contributed by atoms with Crippen LogP contribution in [0, 0.1) is 0 Å². The lowest BCUT2D eigenvalue weighted by Gasteiger charge is -2.18. The summed E-state index contributed by atoms with van der Waals surface area (Å²) in [4.78, 5) is 38.2. The third-order valence-electron chi connectivity index (χ3n) is 14.7. The van der Waals surface area contributed by atoms with E-state index >= 15 is 0 Å². The second kappa shape index (κ2) is 66.1. The zero-order chi connectivity index (χ0) is 56.4. The molecule has 78 heavy (non-hydrogen) atoms. The number of esters is 3. The standard InChI is InChI=1S/C72H126O6/c1-4-7-10-13-16-19-22-25-28-30-31-32-33-34-35-36-37-38-39-40-41-42-45-47-50-53-56-59-62-65-71(74)77-68-69(67-76-70(73)64-61-58-55-52-49-46-43-27-24-21-18-15-12-9-6-3)78-72(75)66-63-60-57-54-51-48-44-29-26-23-20-17-14-11-8-5-2/h9,12,18,20-21,23,27,29,43-44,49,52,58,61,69H,4-8,10-11,13-17,19,22,24-26,28,30-42,45-48,50-51,53-57,59-60,62-68H2,1-3H3/b12-9-,21-18-,23-20-,43-27-,44-29-,52-49-,61-58-. The maximum atomic E-state index is 12.9. The first-order valence-corrected chi connectivity index (χ1v) is 33.6. The highest BCUT2D eigenvalue weighted by atomic mass is 16.6. The Balaban J connectivity index is 4.28. The van der Waals surface area contributed by atoms with E-state index in [1.54, 1.807) is 6.08 Å². The van der Waals surface area contributed by atoms with Crippen molar-refractivity contribution in [3.05, 3.63) is 85.1 Å². The Morgan fingerprint density at radius 2 is 0.551 bits per heavy atom. The van der Waals surface area contributed by atoms with Crippen molar-refractivity contribution in [2.45, 2.75) is 341 Å². The number of carbonyl (C=O) groups excluding carboxylic acids is 3. The van der Waals surface area contributed by atoms with Crippen molar-refractivity contribution < 1.29 is 28.6 Å². The molecule has 0 N–H and O–H groups in total. The minimum Gasteiger partial charge on any atom is -0.462 e. The summed E-state index contributed by atoms with van der Waals surface area (Å²) in [5.41, 5.74) is 0. The van der Waals surface area contributed by atoms with Gasteiger partial charge in [0.25, 0.3) is 0 Å². The predicted octanol–water partition coefficient (Wildman–Crippen LogP) is 23.1. The van der Waals surface area contributed by atoms with Gasteiger partial charge in [0.05, 0.1) is 6.42 Å². The lowest BCUT2D eigenvalue weighted by Crippen LogP contribution is -2.30. The van der Waals surface area contributed by atoms with Crippen molar-refractivity contribution >= 4 is 17.9 Å². The maximum absolute atomic E-state index is 12.9. The highest BCUT2D eigenvalue weighted by Crippen LogP contribution is 2.18. The minimum atomic E-state index is -0.824. The van der Waals surface area contributed by atoms with E-state index in [4.69, 9.17) is 14.2 Å². The minimum absolute atomic E-state index is 0.110. The fraction of sp³-hybridized carbons (Fsp3) is 0.764. The SMILES string of the molecule is CC/C=C\C/C=C\C/C=C\C/C=C\C/C=C\CC(=O)OCC(COC(=O)CCCCCCCCCCCCCCCCCCCCCCCCCCCCCCC)OC(=O)CCCCCCC/C=C\C/C=C\CCCCCC. The molecular formula is C72H126O6. The second-order valence-corrected chi connectivity index (χ2v) is 22.4. The number of hydrogen-bond donors (Lipinski definition) is 0. The highest BCUT2D eigenvalue weighted by molar-refractivity contribution is 5.72. The van der Waals surface area contributed by atoms with Crippen LogP contribution < -0.4 is 0 Å². The fourth-order valence-electron chi connectivity index (χ4n) is 9.67. The van der Waals surface area contributed by atoms with Gasteiger partial charge in [-0.3, -0.25) is 14.4 Å². The molecule has 0 rings (SSSR count). The molecule has 0 amide bonds. The van der Waals surface area contributed by atoms with Crippen LogP contribution in [0.4, 0.5) is 0 Å². The monoisotopic (exact) mass is 1090 g/mol. The predicted molar refractivity (Wildman–Crippen MR) is 339 cm³/mol. The highest BCUT2D eigenvalue weighted by Gasteiger charge is 2.19. The smallest absolute Gasteiger partial charge is 0.309 e. The first kappa shape index (κ1) is 74.6. The first-order valence-electron chi connectivity index (χ1n) is 33.6. The van der Waals surface area contributed by atoms with Gasteiger partial charge in [-0.2, -0.15) is 0 Å². The van der Waals surface area contributed by atoms with Gasteiger partial charge >= 0.3 is 17.9 Å². The molecule has 450 valence electrons. The summed E-state index contributed by atoms with van der Waals surface area (Å²) >= 11 is 0. The molecule has 0 spiro atoms. The fourth-order valence-corrected chi connectivity index (χ4v) is 9.67. The molecule has 0 aliphatic rings. The normalized spacial score (nSPS) is 12.6. The van der Waals surface area contributed by atoms with Crippen molar-refractivity contribution in [1.29, 1.82) is 0 Å². The maximum Gasteiger partial charge on any atom is 0.309 e. The van der Waals surface area contributed by atoms with E-state index in [-0.39, 0.29) is 31.6 Å². The van der Waals surface area contributed by atoms with Crippen molar-refractivity contribution in [3.63, 3.8) is 0 Å². The number of allylic oxidation sites excluding steroid dienone is 13. The average molecular weight is 1090 g/mol. The third kappa shape index (κ3) is 63.4. The zero-order valence-corrected chi connectivity index (χ0v) is 51.7. The lowest BCUT2D eigenvalue weighted by molar-refractivity contribution is -0.166. The Hall–Kier alpha value is -3.41. The molecule has 0 aromatic carbocycles. The summed E-state index contributed by atoms with van der Waals surface area (Å²) in [6.45, 7) is 6.45. The van der Waals surface area contributed by atoms with Crippen LogP contribution in [0.1, 0.15) is 335 Å². The molecule has 0 saturated carbocycles. The first-order chi connectivity index (χ1) is 38.5. The van der Waals surface area contributed by atoms with Crippen LogP contribution in [0.2, 0.25) is 0 Å². The Morgan fingerprint density at radius 3 is 0.910 bits per heavy atom. The van der Waals surface area contributed by atoms with Gasteiger partial charge in [0.15, 0.2) is 6.10 Å². The number of carbonyl (C=O) groups is 3. The summed E-state index contributed by atoms with van der Waals surface area (Å²) in [5, 5.41) is 0. The molecule has 0 aromatic heterocycles. The summed E-state index contributed by atoms with van der Waals surface area (Å²) < 4.78 is 16.8.